The molecule has 3 N–H and O–H groups in total. The molecular formula is C11H14N4O2S. The normalized spacial score (nSPS) is 11.7. The fraction of sp³-hybridized carbons (Fsp3) is 0.273. The van der Waals surface area contributed by atoms with Crippen molar-refractivity contribution in [1.82, 2.24) is 15.2 Å². The van der Waals surface area contributed by atoms with Crippen LogP contribution in [0.1, 0.15) is 17.0 Å². The van der Waals surface area contributed by atoms with E-state index < -0.39 is 10.0 Å². The first-order valence-electron chi connectivity index (χ1n) is 5.45. The lowest BCUT2D eigenvalue weighted by atomic mass is 10.1. The van der Waals surface area contributed by atoms with Crippen LogP contribution in [0.2, 0.25) is 0 Å². The van der Waals surface area contributed by atoms with E-state index in [1.54, 1.807) is 0 Å². The first-order valence-corrected chi connectivity index (χ1v) is 6.99. The van der Waals surface area contributed by atoms with Gasteiger partial charge in [0.2, 0.25) is 0 Å². The number of aryl methyl sites for hydroxylation is 3. The summed E-state index contributed by atoms with van der Waals surface area (Å²) in [5, 5.41) is 10.7. The zero-order valence-corrected chi connectivity index (χ0v) is 10.7. The number of hydrogen-bond acceptors (Lipinski definition) is 4. The summed E-state index contributed by atoms with van der Waals surface area (Å²) >= 11 is 0. The SMILES string of the molecule is Cc1cccc(CCc2nc(S(N)(=O)=O)n[nH]2)c1. The maximum Gasteiger partial charge on any atom is 0.282 e. The van der Waals surface area contributed by atoms with Crippen molar-refractivity contribution in [2.75, 3.05) is 0 Å². The molecular weight excluding hydrogens is 252 g/mol. The number of hydrogen-bond donors (Lipinski definition) is 2. The molecule has 0 radical (unpaired) electrons. The lowest BCUT2D eigenvalue weighted by Crippen LogP contribution is -2.14. The molecule has 2 rings (SSSR count). The van der Waals surface area contributed by atoms with Gasteiger partial charge in [-0.2, -0.15) is 0 Å². The van der Waals surface area contributed by atoms with E-state index in [1.165, 1.54) is 11.1 Å². The van der Waals surface area contributed by atoms with E-state index in [9.17, 15) is 8.42 Å². The lowest BCUT2D eigenvalue weighted by Gasteiger charge is -2.00. The first kappa shape index (κ1) is 12.7. The molecule has 2 aromatic rings. The van der Waals surface area contributed by atoms with Gasteiger partial charge in [0.05, 0.1) is 0 Å². The van der Waals surface area contributed by atoms with Crippen LogP contribution in [-0.2, 0) is 22.9 Å². The third kappa shape index (κ3) is 3.14. The third-order valence-electron chi connectivity index (χ3n) is 2.50. The molecule has 1 aromatic carbocycles. The van der Waals surface area contributed by atoms with E-state index in [-0.39, 0.29) is 5.16 Å². The van der Waals surface area contributed by atoms with Crippen molar-refractivity contribution >= 4 is 10.0 Å². The van der Waals surface area contributed by atoms with Gasteiger partial charge < -0.3 is 0 Å². The van der Waals surface area contributed by atoms with E-state index in [0.29, 0.717) is 12.2 Å². The fourth-order valence-corrected chi connectivity index (χ4v) is 2.06. The number of benzene rings is 1. The third-order valence-corrected chi connectivity index (χ3v) is 3.19. The van der Waals surface area contributed by atoms with Gasteiger partial charge in [-0.15, -0.1) is 5.10 Å². The number of primary sulfonamides is 1. The molecule has 96 valence electrons. The molecule has 0 bridgehead atoms. The second kappa shape index (κ2) is 4.87. The van der Waals surface area contributed by atoms with Crippen LogP contribution >= 0.6 is 0 Å². The number of nitrogens with two attached hydrogens (primary N) is 1. The van der Waals surface area contributed by atoms with Gasteiger partial charge in [-0.25, -0.2) is 18.5 Å². The minimum absolute atomic E-state index is 0.359. The van der Waals surface area contributed by atoms with Crippen LogP contribution in [-0.4, -0.2) is 23.6 Å². The van der Waals surface area contributed by atoms with Crippen LogP contribution in [0, 0.1) is 6.92 Å². The summed E-state index contributed by atoms with van der Waals surface area (Å²) in [6.07, 6.45) is 1.35. The molecule has 0 saturated heterocycles. The lowest BCUT2D eigenvalue weighted by molar-refractivity contribution is 0.589. The molecule has 0 unspecified atom stereocenters. The van der Waals surface area contributed by atoms with Crippen LogP contribution in [0.15, 0.2) is 29.4 Å². The zero-order valence-electron chi connectivity index (χ0n) is 9.92. The van der Waals surface area contributed by atoms with Crippen molar-refractivity contribution in [3.63, 3.8) is 0 Å². The molecule has 18 heavy (non-hydrogen) atoms. The van der Waals surface area contributed by atoms with Gasteiger partial charge in [-0.3, -0.25) is 5.10 Å². The molecule has 0 saturated carbocycles. The Labute approximate surface area is 105 Å². The van der Waals surface area contributed by atoms with Crippen LogP contribution in [0.4, 0.5) is 0 Å². The van der Waals surface area contributed by atoms with Crippen LogP contribution < -0.4 is 5.14 Å². The Bertz CT molecular complexity index is 649. The van der Waals surface area contributed by atoms with Crippen LogP contribution in [0.5, 0.6) is 0 Å². The molecule has 0 aliphatic carbocycles. The Morgan fingerprint density at radius 3 is 2.72 bits per heavy atom. The Morgan fingerprint density at radius 2 is 2.11 bits per heavy atom. The van der Waals surface area contributed by atoms with Gasteiger partial charge in [0, 0.05) is 6.42 Å². The topological polar surface area (TPSA) is 102 Å². The highest BCUT2D eigenvalue weighted by Gasteiger charge is 2.14. The highest BCUT2D eigenvalue weighted by molar-refractivity contribution is 7.89. The number of nitrogens with one attached hydrogen (secondary N) is 1. The molecule has 0 fully saturated rings. The standard InChI is InChI=1S/C11H14N4O2S/c1-8-3-2-4-9(7-8)5-6-10-13-11(15-14-10)18(12,16)17/h2-4,7H,5-6H2,1H3,(H2,12,16,17)(H,13,14,15). The molecule has 0 atom stereocenters. The Morgan fingerprint density at radius 1 is 1.33 bits per heavy atom. The van der Waals surface area contributed by atoms with Gasteiger partial charge in [-0.1, -0.05) is 29.8 Å². The van der Waals surface area contributed by atoms with Gasteiger partial charge in [-0.05, 0) is 18.9 Å². The highest BCUT2D eigenvalue weighted by atomic mass is 32.2. The number of H-pyrrole nitrogens is 1. The molecule has 1 heterocycles. The van der Waals surface area contributed by atoms with Crippen molar-refractivity contribution in [1.29, 1.82) is 0 Å². The summed E-state index contributed by atoms with van der Waals surface area (Å²) in [5.74, 6) is 0.514. The van der Waals surface area contributed by atoms with Gasteiger partial charge in [0.25, 0.3) is 15.2 Å². The molecule has 7 heteroatoms. The van der Waals surface area contributed by atoms with E-state index in [0.717, 1.165) is 6.42 Å². The van der Waals surface area contributed by atoms with Gasteiger partial charge >= 0.3 is 0 Å². The average Bonchev–Trinajstić information content (AvgIpc) is 2.74. The Balaban J connectivity index is 2.05. The summed E-state index contributed by atoms with van der Waals surface area (Å²) in [7, 11) is -3.83. The minimum atomic E-state index is -3.83. The second-order valence-corrected chi connectivity index (χ2v) is 5.55. The smallest absolute Gasteiger partial charge is 0.262 e. The molecule has 1 aromatic heterocycles. The maximum absolute atomic E-state index is 11.0. The van der Waals surface area contributed by atoms with Crippen molar-refractivity contribution in [3.8, 4) is 0 Å². The molecule has 0 aliphatic rings. The van der Waals surface area contributed by atoms with E-state index in [4.69, 9.17) is 5.14 Å². The minimum Gasteiger partial charge on any atom is -0.262 e. The predicted octanol–water partition coefficient (Wildman–Crippen LogP) is 0.546. The van der Waals surface area contributed by atoms with Crippen LogP contribution in [0.3, 0.4) is 0 Å². The number of aromatic amines is 1. The molecule has 0 aliphatic heterocycles. The van der Waals surface area contributed by atoms with Crippen molar-refractivity contribution in [2.45, 2.75) is 24.9 Å². The number of rotatable bonds is 4. The van der Waals surface area contributed by atoms with Crippen molar-refractivity contribution < 1.29 is 8.42 Å². The monoisotopic (exact) mass is 266 g/mol. The van der Waals surface area contributed by atoms with Crippen LogP contribution in [0.25, 0.3) is 0 Å². The quantitative estimate of drug-likeness (QED) is 0.843. The largest absolute Gasteiger partial charge is 0.282 e. The summed E-state index contributed by atoms with van der Waals surface area (Å²) in [6.45, 7) is 2.02. The van der Waals surface area contributed by atoms with E-state index >= 15 is 0 Å². The van der Waals surface area contributed by atoms with Gasteiger partial charge in [0.15, 0.2) is 0 Å². The van der Waals surface area contributed by atoms with E-state index in [2.05, 4.69) is 21.2 Å². The average molecular weight is 266 g/mol. The molecule has 0 amide bonds. The Hall–Kier alpha value is -1.73. The first-order chi connectivity index (χ1) is 8.45. The van der Waals surface area contributed by atoms with Crippen molar-refractivity contribution in [2.24, 2.45) is 5.14 Å². The number of nitrogens with zero attached hydrogens (tertiary/aromatic N) is 2. The van der Waals surface area contributed by atoms with Gasteiger partial charge in [0.1, 0.15) is 5.82 Å². The molecule has 6 nitrogen and oxygen atoms in total. The molecule has 0 spiro atoms. The summed E-state index contributed by atoms with van der Waals surface area (Å²) in [5.41, 5.74) is 2.36. The summed E-state index contributed by atoms with van der Waals surface area (Å²) in [6, 6.07) is 8.11. The number of sulfonamides is 1. The Kier molecular flexibility index (Phi) is 3.44. The second-order valence-electron chi connectivity index (χ2n) is 4.10. The van der Waals surface area contributed by atoms with E-state index in [1.807, 2.05) is 25.1 Å². The fourth-order valence-electron chi connectivity index (χ4n) is 1.65. The predicted molar refractivity (Wildman–Crippen MR) is 66.3 cm³/mol. The number of aromatic nitrogens is 3. The summed E-state index contributed by atoms with van der Waals surface area (Å²) < 4.78 is 22.0. The summed E-state index contributed by atoms with van der Waals surface area (Å²) in [4.78, 5) is 3.84. The van der Waals surface area contributed by atoms with Crippen molar-refractivity contribution in [3.05, 3.63) is 41.2 Å². The zero-order chi connectivity index (χ0) is 13.2. The highest BCUT2D eigenvalue weighted by Crippen LogP contribution is 2.07. The maximum atomic E-state index is 11.0.